The van der Waals surface area contributed by atoms with Crippen molar-refractivity contribution in [1.29, 1.82) is 0 Å². The normalized spacial score (nSPS) is 10.7. The van der Waals surface area contributed by atoms with Crippen molar-refractivity contribution in [1.82, 2.24) is 4.90 Å². The Kier molecular flexibility index (Phi) is 6.58. The van der Waals surface area contributed by atoms with E-state index in [0.29, 0.717) is 12.4 Å². The lowest BCUT2D eigenvalue weighted by molar-refractivity contribution is 0.0703. The molecule has 0 unspecified atom stereocenters. The Balaban J connectivity index is 2.94. The third-order valence-corrected chi connectivity index (χ3v) is 3.82. The monoisotopic (exact) mass is 285 g/mol. The van der Waals surface area contributed by atoms with Crippen LogP contribution in [0.5, 0.6) is 0 Å². The van der Waals surface area contributed by atoms with E-state index in [-0.39, 0.29) is 11.9 Å². The van der Waals surface area contributed by atoms with Gasteiger partial charge in [0.25, 0.3) is 5.91 Å². The number of amides is 1. The van der Waals surface area contributed by atoms with E-state index in [9.17, 15) is 4.79 Å². The molecule has 0 atom stereocenters. The quantitative estimate of drug-likeness (QED) is 0.584. The molecule has 0 bridgehead atoms. The number of carbonyl (C=O) groups is 1. The Morgan fingerprint density at radius 2 is 2.06 bits per heavy atom. The lowest BCUT2D eigenvalue weighted by Crippen LogP contribution is -2.38. The first-order chi connectivity index (χ1) is 8.61. The van der Waals surface area contributed by atoms with Crippen molar-refractivity contribution >= 4 is 29.3 Å². The largest absolute Gasteiger partial charge is 0.336 e. The summed E-state index contributed by atoms with van der Waals surface area (Å²) >= 11 is 7.32. The Morgan fingerprint density at radius 1 is 1.39 bits per heavy atom. The maximum absolute atomic E-state index is 12.5. The van der Waals surface area contributed by atoms with Crippen molar-refractivity contribution < 1.29 is 4.79 Å². The second-order valence-corrected chi connectivity index (χ2v) is 5.56. The van der Waals surface area contributed by atoms with E-state index in [2.05, 4.69) is 0 Å². The van der Waals surface area contributed by atoms with Crippen LogP contribution in [0.2, 0.25) is 0 Å². The molecule has 0 aliphatic heterocycles. The van der Waals surface area contributed by atoms with Crippen LogP contribution in [-0.2, 0) is 0 Å². The molecule has 18 heavy (non-hydrogen) atoms. The van der Waals surface area contributed by atoms with E-state index in [1.165, 1.54) is 0 Å². The average molecular weight is 286 g/mol. The Labute approximate surface area is 119 Å². The zero-order chi connectivity index (χ0) is 13.5. The molecule has 1 aromatic rings. The van der Waals surface area contributed by atoms with Crippen molar-refractivity contribution in [3.05, 3.63) is 29.8 Å². The minimum atomic E-state index is 0.0973. The van der Waals surface area contributed by atoms with Crippen LogP contribution in [-0.4, -0.2) is 35.5 Å². The smallest absolute Gasteiger partial charge is 0.255 e. The van der Waals surface area contributed by atoms with E-state index in [1.807, 2.05) is 49.3 Å². The molecule has 0 saturated carbocycles. The second kappa shape index (κ2) is 7.70. The summed E-state index contributed by atoms with van der Waals surface area (Å²) in [6.07, 6.45) is 2.82. The predicted molar refractivity (Wildman–Crippen MR) is 79.7 cm³/mol. The van der Waals surface area contributed by atoms with Gasteiger partial charge in [0.2, 0.25) is 0 Å². The molecule has 0 aromatic heterocycles. The van der Waals surface area contributed by atoms with Gasteiger partial charge in [0, 0.05) is 23.4 Å². The summed E-state index contributed by atoms with van der Waals surface area (Å²) < 4.78 is 0. The van der Waals surface area contributed by atoms with E-state index in [1.54, 1.807) is 11.8 Å². The van der Waals surface area contributed by atoms with Crippen molar-refractivity contribution in [2.45, 2.75) is 31.2 Å². The Hall–Kier alpha value is -0.670. The highest BCUT2D eigenvalue weighted by molar-refractivity contribution is 7.98. The van der Waals surface area contributed by atoms with E-state index in [0.717, 1.165) is 16.9 Å². The van der Waals surface area contributed by atoms with E-state index < -0.39 is 0 Å². The summed E-state index contributed by atoms with van der Waals surface area (Å²) in [6.45, 7) is 4.78. The van der Waals surface area contributed by atoms with Crippen LogP contribution in [0.4, 0.5) is 0 Å². The van der Waals surface area contributed by atoms with Gasteiger partial charge in [-0.2, -0.15) is 0 Å². The fraction of sp³-hybridized carbons (Fsp3) is 0.500. The van der Waals surface area contributed by atoms with Crippen LogP contribution < -0.4 is 0 Å². The van der Waals surface area contributed by atoms with Crippen LogP contribution in [0, 0.1) is 0 Å². The zero-order valence-electron chi connectivity index (χ0n) is 11.1. The fourth-order valence-electron chi connectivity index (χ4n) is 1.80. The molecule has 0 aliphatic carbocycles. The van der Waals surface area contributed by atoms with Crippen LogP contribution in [0.1, 0.15) is 30.6 Å². The number of thioether (sulfide) groups is 1. The average Bonchev–Trinajstić information content (AvgIpc) is 2.38. The maximum atomic E-state index is 12.5. The fourth-order valence-corrected chi connectivity index (χ4v) is 2.51. The Bertz CT molecular complexity index is 395. The number of hydrogen-bond acceptors (Lipinski definition) is 2. The van der Waals surface area contributed by atoms with Gasteiger partial charge in [0.05, 0.1) is 5.56 Å². The molecular weight excluding hydrogens is 266 g/mol. The molecule has 0 heterocycles. The van der Waals surface area contributed by atoms with Crippen molar-refractivity contribution in [2.75, 3.05) is 18.7 Å². The summed E-state index contributed by atoms with van der Waals surface area (Å²) in [5, 5.41) is 0. The Morgan fingerprint density at radius 3 is 2.61 bits per heavy atom. The molecule has 0 saturated heterocycles. The van der Waals surface area contributed by atoms with E-state index in [4.69, 9.17) is 11.6 Å². The third-order valence-electron chi connectivity index (χ3n) is 2.75. The lowest BCUT2D eigenvalue weighted by Gasteiger charge is -2.27. The van der Waals surface area contributed by atoms with Gasteiger partial charge in [0.15, 0.2) is 0 Å². The van der Waals surface area contributed by atoms with Gasteiger partial charge in [-0.05, 0) is 38.7 Å². The molecule has 1 rings (SSSR count). The molecule has 1 amide bonds. The van der Waals surface area contributed by atoms with Gasteiger partial charge < -0.3 is 4.90 Å². The highest BCUT2D eigenvalue weighted by atomic mass is 35.5. The SMILES string of the molecule is CSc1ccccc1C(=O)N(CCCCl)C(C)C. The molecule has 0 fully saturated rings. The first-order valence-corrected chi connectivity index (χ1v) is 7.87. The van der Waals surface area contributed by atoms with Crippen molar-refractivity contribution in [3.8, 4) is 0 Å². The van der Waals surface area contributed by atoms with Crippen LogP contribution in [0.15, 0.2) is 29.2 Å². The van der Waals surface area contributed by atoms with E-state index >= 15 is 0 Å². The summed E-state index contributed by atoms with van der Waals surface area (Å²) in [5.74, 6) is 0.681. The van der Waals surface area contributed by atoms with Gasteiger partial charge in [-0.1, -0.05) is 12.1 Å². The van der Waals surface area contributed by atoms with Crippen LogP contribution >= 0.6 is 23.4 Å². The van der Waals surface area contributed by atoms with Crippen molar-refractivity contribution in [2.24, 2.45) is 0 Å². The van der Waals surface area contributed by atoms with Crippen LogP contribution in [0.25, 0.3) is 0 Å². The van der Waals surface area contributed by atoms with Crippen molar-refractivity contribution in [3.63, 3.8) is 0 Å². The van der Waals surface area contributed by atoms with Gasteiger partial charge in [-0.3, -0.25) is 4.79 Å². The van der Waals surface area contributed by atoms with Gasteiger partial charge >= 0.3 is 0 Å². The molecular formula is C14H20ClNOS. The predicted octanol–water partition coefficient (Wildman–Crippen LogP) is 3.89. The maximum Gasteiger partial charge on any atom is 0.255 e. The number of nitrogens with zero attached hydrogens (tertiary/aromatic N) is 1. The van der Waals surface area contributed by atoms with Gasteiger partial charge in [-0.15, -0.1) is 23.4 Å². The molecule has 100 valence electrons. The molecule has 0 aliphatic rings. The minimum Gasteiger partial charge on any atom is -0.336 e. The van der Waals surface area contributed by atoms with Gasteiger partial charge in [-0.25, -0.2) is 0 Å². The molecule has 2 nitrogen and oxygen atoms in total. The first kappa shape index (κ1) is 15.4. The van der Waals surface area contributed by atoms with Crippen LogP contribution in [0.3, 0.4) is 0 Å². The molecule has 1 aromatic carbocycles. The molecule has 4 heteroatoms. The number of hydrogen-bond donors (Lipinski definition) is 0. The zero-order valence-corrected chi connectivity index (χ0v) is 12.7. The highest BCUT2D eigenvalue weighted by Gasteiger charge is 2.20. The summed E-state index contributed by atoms with van der Waals surface area (Å²) in [4.78, 5) is 15.5. The summed E-state index contributed by atoms with van der Waals surface area (Å²) in [7, 11) is 0. The minimum absolute atomic E-state index is 0.0973. The number of benzene rings is 1. The summed E-state index contributed by atoms with van der Waals surface area (Å²) in [6, 6.07) is 7.94. The molecule has 0 radical (unpaired) electrons. The number of carbonyl (C=O) groups excluding carboxylic acids is 1. The highest BCUT2D eigenvalue weighted by Crippen LogP contribution is 2.22. The lowest BCUT2D eigenvalue weighted by atomic mass is 10.1. The topological polar surface area (TPSA) is 20.3 Å². The number of rotatable bonds is 6. The number of halogens is 1. The molecule has 0 spiro atoms. The number of alkyl halides is 1. The first-order valence-electron chi connectivity index (χ1n) is 6.11. The summed E-state index contributed by atoms with van der Waals surface area (Å²) in [5.41, 5.74) is 0.785. The second-order valence-electron chi connectivity index (χ2n) is 4.34. The standard InChI is InChI=1S/C14H20ClNOS/c1-11(2)16(10-6-9-15)14(17)12-7-4-5-8-13(12)18-3/h4-5,7-8,11H,6,9-10H2,1-3H3. The third kappa shape index (κ3) is 3.92. The molecule has 0 N–H and O–H groups in total. The van der Waals surface area contributed by atoms with Gasteiger partial charge in [0.1, 0.15) is 0 Å².